The SMILES string of the molecule is CS(=O)(=O)c1cccnc1NCCNC(=O)CC1CCCC1. The predicted molar refractivity (Wildman–Crippen MR) is 85.4 cm³/mol. The fourth-order valence-corrected chi connectivity index (χ4v) is 3.56. The number of hydrogen-bond acceptors (Lipinski definition) is 5. The van der Waals surface area contributed by atoms with E-state index in [2.05, 4.69) is 15.6 Å². The lowest BCUT2D eigenvalue weighted by Gasteiger charge is -2.11. The van der Waals surface area contributed by atoms with E-state index < -0.39 is 9.84 Å². The molecule has 1 aliphatic rings. The van der Waals surface area contributed by atoms with Gasteiger partial charge in [-0.25, -0.2) is 13.4 Å². The third-order valence-electron chi connectivity index (χ3n) is 3.86. The number of nitrogens with one attached hydrogen (secondary N) is 2. The summed E-state index contributed by atoms with van der Waals surface area (Å²) in [6.45, 7) is 0.890. The van der Waals surface area contributed by atoms with Crippen molar-refractivity contribution < 1.29 is 13.2 Å². The molecule has 2 N–H and O–H groups in total. The summed E-state index contributed by atoms with van der Waals surface area (Å²) < 4.78 is 23.3. The molecule has 1 saturated carbocycles. The van der Waals surface area contributed by atoms with Crippen LogP contribution in [0, 0.1) is 5.92 Å². The normalized spacial score (nSPS) is 15.7. The Morgan fingerprint density at radius 2 is 2.05 bits per heavy atom. The number of nitrogens with zero attached hydrogens (tertiary/aromatic N) is 1. The highest BCUT2D eigenvalue weighted by Gasteiger charge is 2.18. The minimum absolute atomic E-state index is 0.0676. The zero-order valence-corrected chi connectivity index (χ0v) is 13.7. The van der Waals surface area contributed by atoms with Gasteiger partial charge in [0.1, 0.15) is 10.7 Å². The number of rotatable bonds is 7. The lowest BCUT2D eigenvalue weighted by molar-refractivity contribution is -0.121. The van der Waals surface area contributed by atoms with Crippen molar-refractivity contribution in [1.82, 2.24) is 10.3 Å². The predicted octanol–water partition coefficient (Wildman–Crippen LogP) is 1.59. The quantitative estimate of drug-likeness (QED) is 0.743. The van der Waals surface area contributed by atoms with Gasteiger partial charge in [0.25, 0.3) is 0 Å². The monoisotopic (exact) mass is 325 g/mol. The van der Waals surface area contributed by atoms with Gasteiger partial charge in [-0.1, -0.05) is 12.8 Å². The molecule has 6 nitrogen and oxygen atoms in total. The fraction of sp³-hybridized carbons (Fsp3) is 0.600. The third-order valence-corrected chi connectivity index (χ3v) is 4.99. The first kappa shape index (κ1) is 16.7. The molecule has 1 aromatic heterocycles. The largest absolute Gasteiger partial charge is 0.367 e. The first-order chi connectivity index (χ1) is 10.5. The molecule has 1 amide bonds. The first-order valence-corrected chi connectivity index (χ1v) is 9.51. The maximum absolute atomic E-state index is 11.8. The molecule has 22 heavy (non-hydrogen) atoms. The summed E-state index contributed by atoms with van der Waals surface area (Å²) in [6, 6.07) is 3.11. The molecular weight excluding hydrogens is 302 g/mol. The highest BCUT2D eigenvalue weighted by molar-refractivity contribution is 7.90. The number of pyridine rings is 1. The van der Waals surface area contributed by atoms with E-state index in [0.29, 0.717) is 31.2 Å². The fourth-order valence-electron chi connectivity index (χ4n) is 2.75. The first-order valence-electron chi connectivity index (χ1n) is 7.62. The van der Waals surface area contributed by atoms with Crippen LogP contribution in [0.2, 0.25) is 0 Å². The van der Waals surface area contributed by atoms with Gasteiger partial charge in [0.2, 0.25) is 5.91 Å². The van der Waals surface area contributed by atoms with Crippen LogP contribution in [0.1, 0.15) is 32.1 Å². The van der Waals surface area contributed by atoms with Gasteiger partial charge in [-0.2, -0.15) is 0 Å². The molecule has 1 aliphatic carbocycles. The van der Waals surface area contributed by atoms with Crippen LogP contribution in [0.3, 0.4) is 0 Å². The standard InChI is InChI=1S/C15H23N3O3S/c1-22(20,21)13-7-4-8-17-15(13)18-10-9-16-14(19)11-12-5-2-3-6-12/h4,7-8,12H,2-3,5-6,9-11H2,1H3,(H,16,19)(H,17,18). The summed E-state index contributed by atoms with van der Waals surface area (Å²) in [5.74, 6) is 0.925. The van der Waals surface area contributed by atoms with Gasteiger partial charge in [0.05, 0.1) is 0 Å². The van der Waals surface area contributed by atoms with Crippen LogP contribution in [-0.4, -0.2) is 38.7 Å². The molecule has 0 aromatic carbocycles. The van der Waals surface area contributed by atoms with Gasteiger partial charge in [-0.3, -0.25) is 4.79 Å². The molecule has 0 spiro atoms. The van der Waals surface area contributed by atoms with Gasteiger partial charge < -0.3 is 10.6 Å². The van der Waals surface area contributed by atoms with Crippen molar-refractivity contribution in [2.45, 2.75) is 37.0 Å². The maximum Gasteiger partial charge on any atom is 0.220 e. The Hall–Kier alpha value is -1.63. The van der Waals surface area contributed by atoms with Crippen molar-refractivity contribution in [3.8, 4) is 0 Å². The zero-order chi connectivity index (χ0) is 16.0. The highest BCUT2D eigenvalue weighted by Crippen LogP contribution is 2.27. The van der Waals surface area contributed by atoms with Crippen molar-refractivity contribution in [1.29, 1.82) is 0 Å². The molecule has 122 valence electrons. The molecule has 0 atom stereocenters. The second-order valence-corrected chi connectivity index (χ2v) is 7.74. The number of amides is 1. The van der Waals surface area contributed by atoms with Gasteiger partial charge in [-0.05, 0) is 30.9 Å². The van der Waals surface area contributed by atoms with Crippen molar-refractivity contribution in [2.75, 3.05) is 24.7 Å². The number of sulfone groups is 1. The number of anilines is 1. The molecule has 7 heteroatoms. The van der Waals surface area contributed by atoms with Crippen molar-refractivity contribution >= 4 is 21.6 Å². The Kier molecular flexibility index (Phi) is 5.76. The van der Waals surface area contributed by atoms with Crippen molar-refractivity contribution in [2.24, 2.45) is 5.92 Å². The van der Waals surface area contributed by atoms with E-state index in [0.717, 1.165) is 19.1 Å². The smallest absolute Gasteiger partial charge is 0.220 e. The molecular formula is C15H23N3O3S. The number of aromatic nitrogens is 1. The summed E-state index contributed by atoms with van der Waals surface area (Å²) in [6.07, 6.45) is 8.04. The van der Waals surface area contributed by atoms with E-state index in [1.165, 1.54) is 25.1 Å². The third kappa shape index (κ3) is 4.98. The number of hydrogen-bond donors (Lipinski definition) is 2. The molecule has 1 heterocycles. The zero-order valence-electron chi connectivity index (χ0n) is 12.8. The van der Waals surface area contributed by atoms with Crippen LogP contribution in [0.5, 0.6) is 0 Å². The van der Waals surface area contributed by atoms with Crippen molar-refractivity contribution in [3.63, 3.8) is 0 Å². The van der Waals surface area contributed by atoms with E-state index in [4.69, 9.17) is 0 Å². The van der Waals surface area contributed by atoms with Gasteiger partial charge >= 0.3 is 0 Å². The second-order valence-electron chi connectivity index (χ2n) is 5.75. The van der Waals surface area contributed by atoms with Crippen molar-refractivity contribution in [3.05, 3.63) is 18.3 Å². The number of carbonyl (C=O) groups excluding carboxylic acids is 1. The minimum atomic E-state index is -3.32. The minimum Gasteiger partial charge on any atom is -0.367 e. The second kappa shape index (κ2) is 7.58. The molecule has 0 bridgehead atoms. The molecule has 1 fully saturated rings. The van der Waals surface area contributed by atoms with Gasteiger partial charge in [-0.15, -0.1) is 0 Å². The Morgan fingerprint density at radius 3 is 2.73 bits per heavy atom. The molecule has 2 rings (SSSR count). The van der Waals surface area contributed by atoms with E-state index in [1.807, 2.05) is 0 Å². The Bertz CT molecular complexity index is 610. The molecule has 0 aliphatic heterocycles. The lowest BCUT2D eigenvalue weighted by Crippen LogP contribution is -2.30. The van der Waals surface area contributed by atoms with Crippen LogP contribution in [0.25, 0.3) is 0 Å². The van der Waals surface area contributed by atoms with Crippen LogP contribution in [0.4, 0.5) is 5.82 Å². The number of carbonyl (C=O) groups is 1. The van der Waals surface area contributed by atoms with Gasteiger partial charge in [0.15, 0.2) is 9.84 Å². The van der Waals surface area contributed by atoms with Gasteiger partial charge in [0, 0.05) is 32.0 Å². The average molecular weight is 325 g/mol. The van der Waals surface area contributed by atoms with E-state index in [1.54, 1.807) is 6.07 Å². The summed E-state index contributed by atoms with van der Waals surface area (Å²) in [7, 11) is -3.32. The summed E-state index contributed by atoms with van der Waals surface area (Å²) in [5.41, 5.74) is 0. The summed E-state index contributed by atoms with van der Waals surface area (Å²) in [4.78, 5) is 16.0. The molecule has 0 saturated heterocycles. The molecule has 0 radical (unpaired) electrons. The Labute approximate surface area is 131 Å². The summed E-state index contributed by atoms with van der Waals surface area (Å²) >= 11 is 0. The van der Waals surface area contributed by atoms with E-state index in [9.17, 15) is 13.2 Å². The Morgan fingerprint density at radius 1 is 1.32 bits per heavy atom. The van der Waals surface area contributed by atoms with E-state index >= 15 is 0 Å². The topological polar surface area (TPSA) is 88.2 Å². The highest BCUT2D eigenvalue weighted by atomic mass is 32.2. The van der Waals surface area contributed by atoms with E-state index in [-0.39, 0.29) is 10.8 Å². The van der Waals surface area contributed by atoms with Crippen LogP contribution >= 0.6 is 0 Å². The Balaban J connectivity index is 1.76. The lowest BCUT2D eigenvalue weighted by atomic mass is 10.0. The summed E-state index contributed by atoms with van der Waals surface area (Å²) in [5, 5.41) is 5.82. The molecule has 1 aromatic rings. The average Bonchev–Trinajstić information content (AvgIpc) is 2.96. The molecule has 0 unspecified atom stereocenters. The van der Waals surface area contributed by atoms with Crippen LogP contribution in [-0.2, 0) is 14.6 Å². The maximum atomic E-state index is 11.8. The van der Waals surface area contributed by atoms with Crippen LogP contribution < -0.4 is 10.6 Å². The van der Waals surface area contributed by atoms with Crippen LogP contribution in [0.15, 0.2) is 23.2 Å².